The molecule has 0 bridgehead atoms. The van der Waals surface area contributed by atoms with Crippen LogP contribution < -0.4 is 11.2 Å². The van der Waals surface area contributed by atoms with E-state index >= 15 is 0 Å². The Morgan fingerprint density at radius 1 is 1.40 bits per heavy atom. The maximum absolute atomic E-state index is 11.5. The Hall–Kier alpha value is -1.36. The van der Waals surface area contributed by atoms with Crippen LogP contribution in [-0.4, -0.2) is 20.8 Å². The highest BCUT2D eigenvalue weighted by Gasteiger charge is 2.13. The molecule has 0 aromatic carbocycles. The summed E-state index contributed by atoms with van der Waals surface area (Å²) in [7, 11) is 2.82. The zero-order valence-corrected chi connectivity index (χ0v) is 9.24. The first-order chi connectivity index (χ1) is 6.99. The molecule has 82 valence electrons. The van der Waals surface area contributed by atoms with Crippen LogP contribution in [0.25, 0.3) is 0 Å². The number of hydrogen-bond donors (Lipinski definition) is 0. The van der Waals surface area contributed by atoms with Gasteiger partial charge in [-0.25, -0.2) is 4.79 Å². The monoisotopic (exact) mass is 230 g/mol. The second-order valence-electron chi connectivity index (χ2n) is 3.16. The van der Waals surface area contributed by atoms with Crippen molar-refractivity contribution in [3.63, 3.8) is 0 Å². The summed E-state index contributed by atoms with van der Waals surface area (Å²) in [5, 5.41) is 0. The first-order valence-corrected chi connectivity index (χ1v) is 4.88. The van der Waals surface area contributed by atoms with E-state index in [1.165, 1.54) is 24.9 Å². The molecule has 6 heteroatoms. The number of carbonyl (C=O) groups is 1. The number of aryl methyl sites for hydroxylation is 1. The molecule has 0 atom stereocenters. The largest absolute Gasteiger partial charge is 0.330 e. The molecule has 15 heavy (non-hydrogen) atoms. The lowest BCUT2D eigenvalue weighted by molar-refractivity contribution is 0.0986. The van der Waals surface area contributed by atoms with Crippen molar-refractivity contribution < 1.29 is 4.79 Å². The summed E-state index contributed by atoms with van der Waals surface area (Å²) in [6, 6.07) is 0. The van der Waals surface area contributed by atoms with Gasteiger partial charge in [0.2, 0.25) is 0 Å². The first kappa shape index (κ1) is 11.7. The lowest BCUT2D eigenvalue weighted by Gasteiger charge is -2.04. The number of rotatable bonds is 3. The zero-order chi connectivity index (χ0) is 11.6. The molecule has 0 amide bonds. The minimum atomic E-state index is -0.576. The van der Waals surface area contributed by atoms with Gasteiger partial charge in [0.25, 0.3) is 5.56 Å². The molecule has 0 fully saturated rings. The van der Waals surface area contributed by atoms with Crippen LogP contribution in [0.1, 0.15) is 16.8 Å². The fourth-order valence-corrected chi connectivity index (χ4v) is 1.39. The summed E-state index contributed by atoms with van der Waals surface area (Å²) in [6.07, 6.45) is 1.34. The summed E-state index contributed by atoms with van der Waals surface area (Å²) < 4.78 is 2.10. The number of halogens is 1. The minimum absolute atomic E-state index is 0.000231. The molecule has 1 rings (SSSR count). The van der Waals surface area contributed by atoms with E-state index in [9.17, 15) is 14.4 Å². The highest BCUT2D eigenvalue weighted by Crippen LogP contribution is 1.96. The van der Waals surface area contributed by atoms with Crippen LogP contribution in [0.3, 0.4) is 0 Å². The van der Waals surface area contributed by atoms with Gasteiger partial charge >= 0.3 is 5.69 Å². The smallest absolute Gasteiger partial charge is 0.303 e. The molecule has 0 saturated carbocycles. The number of hydrogen-bond acceptors (Lipinski definition) is 3. The van der Waals surface area contributed by atoms with Crippen molar-refractivity contribution in [2.45, 2.75) is 6.42 Å². The normalized spacial score (nSPS) is 10.3. The number of Topliss-reactive ketones (excluding diaryl/α,β-unsaturated/α-hetero) is 1. The maximum Gasteiger partial charge on any atom is 0.330 e. The number of carbonyl (C=O) groups excluding carboxylic acids is 1. The molecular weight excluding hydrogens is 220 g/mol. The lowest BCUT2D eigenvalue weighted by atomic mass is 10.2. The highest BCUT2D eigenvalue weighted by molar-refractivity contribution is 6.19. The van der Waals surface area contributed by atoms with E-state index in [0.29, 0.717) is 0 Å². The van der Waals surface area contributed by atoms with E-state index in [1.54, 1.807) is 0 Å². The van der Waals surface area contributed by atoms with E-state index in [2.05, 4.69) is 0 Å². The number of ketones is 1. The standard InChI is InChI=1S/C9H11ClN2O3/c1-11-5-6(7(13)3-4-10)8(14)12(2)9(11)15/h5H,3-4H2,1-2H3. The van der Waals surface area contributed by atoms with Crippen LogP contribution >= 0.6 is 11.6 Å². The second-order valence-corrected chi connectivity index (χ2v) is 3.54. The Kier molecular flexibility index (Phi) is 3.47. The molecule has 0 N–H and O–H groups in total. The van der Waals surface area contributed by atoms with Crippen LogP contribution in [0.4, 0.5) is 0 Å². The van der Waals surface area contributed by atoms with Gasteiger partial charge in [0.05, 0.1) is 5.56 Å². The molecule has 0 saturated heterocycles. The molecule has 0 aliphatic heterocycles. The van der Waals surface area contributed by atoms with Gasteiger partial charge in [0.1, 0.15) is 0 Å². The fraction of sp³-hybridized carbons (Fsp3) is 0.444. The number of aromatic nitrogens is 2. The van der Waals surface area contributed by atoms with Gasteiger partial charge in [-0.2, -0.15) is 0 Å². The predicted octanol–water partition coefficient (Wildman–Crippen LogP) is -0.104. The fourth-order valence-electron chi connectivity index (χ4n) is 1.22. The van der Waals surface area contributed by atoms with Crippen LogP contribution in [0.2, 0.25) is 0 Å². The van der Waals surface area contributed by atoms with Gasteiger partial charge in [-0.15, -0.1) is 11.6 Å². The van der Waals surface area contributed by atoms with Gasteiger partial charge in [-0.05, 0) is 0 Å². The quantitative estimate of drug-likeness (QED) is 0.538. The molecule has 0 spiro atoms. The van der Waals surface area contributed by atoms with Crippen molar-refractivity contribution in [2.24, 2.45) is 14.1 Å². The molecule has 0 aliphatic rings. The Morgan fingerprint density at radius 2 is 2.00 bits per heavy atom. The SMILES string of the molecule is Cn1cc(C(=O)CCCl)c(=O)n(C)c1=O. The molecule has 1 heterocycles. The molecule has 0 unspecified atom stereocenters. The number of alkyl halides is 1. The minimum Gasteiger partial charge on any atom is -0.303 e. The summed E-state index contributed by atoms with van der Waals surface area (Å²) in [5.41, 5.74) is -1.03. The Bertz CT molecular complexity index is 501. The van der Waals surface area contributed by atoms with E-state index < -0.39 is 11.2 Å². The molecule has 5 nitrogen and oxygen atoms in total. The third-order valence-electron chi connectivity index (χ3n) is 2.07. The molecule has 1 aromatic rings. The van der Waals surface area contributed by atoms with Gasteiger partial charge in [0, 0.05) is 32.6 Å². The first-order valence-electron chi connectivity index (χ1n) is 4.35. The lowest BCUT2D eigenvalue weighted by Crippen LogP contribution is -2.39. The third kappa shape index (κ3) is 2.18. The molecular formula is C9H11ClN2O3. The average Bonchev–Trinajstić information content (AvgIpc) is 2.20. The average molecular weight is 231 g/mol. The highest BCUT2D eigenvalue weighted by atomic mass is 35.5. The van der Waals surface area contributed by atoms with Gasteiger partial charge < -0.3 is 4.57 Å². The van der Waals surface area contributed by atoms with E-state index in [-0.39, 0.29) is 23.6 Å². The topological polar surface area (TPSA) is 61.1 Å². The van der Waals surface area contributed by atoms with E-state index in [4.69, 9.17) is 11.6 Å². The van der Waals surface area contributed by atoms with Crippen molar-refractivity contribution in [2.75, 3.05) is 5.88 Å². The zero-order valence-electron chi connectivity index (χ0n) is 8.49. The third-order valence-corrected chi connectivity index (χ3v) is 2.26. The molecule has 0 aliphatic carbocycles. The molecule has 0 radical (unpaired) electrons. The van der Waals surface area contributed by atoms with Crippen molar-refractivity contribution in [1.29, 1.82) is 0 Å². The van der Waals surface area contributed by atoms with E-state index in [0.717, 1.165) is 4.57 Å². The van der Waals surface area contributed by atoms with Gasteiger partial charge in [-0.1, -0.05) is 0 Å². The Morgan fingerprint density at radius 3 is 2.53 bits per heavy atom. The maximum atomic E-state index is 11.5. The van der Waals surface area contributed by atoms with Crippen molar-refractivity contribution in [3.8, 4) is 0 Å². The Balaban J connectivity index is 3.39. The number of nitrogens with zero attached hydrogens (tertiary/aromatic N) is 2. The van der Waals surface area contributed by atoms with Crippen LogP contribution in [0.15, 0.2) is 15.8 Å². The Labute approximate surface area is 90.9 Å². The van der Waals surface area contributed by atoms with Gasteiger partial charge in [0.15, 0.2) is 5.78 Å². The summed E-state index contributed by atoms with van der Waals surface area (Å²) in [6.45, 7) is 0. The second kappa shape index (κ2) is 4.44. The van der Waals surface area contributed by atoms with Crippen LogP contribution in [0, 0.1) is 0 Å². The van der Waals surface area contributed by atoms with Gasteiger partial charge in [-0.3, -0.25) is 14.2 Å². The summed E-state index contributed by atoms with van der Waals surface area (Å²) in [5.74, 6) is -0.189. The predicted molar refractivity (Wildman–Crippen MR) is 56.6 cm³/mol. The van der Waals surface area contributed by atoms with Crippen LogP contribution in [-0.2, 0) is 14.1 Å². The summed E-state index contributed by atoms with van der Waals surface area (Å²) >= 11 is 5.41. The van der Waals surface area contributed by atoms with Crippen molar-refractivity contribution in [1.82, 2.24) is 9.13 Å². The van der Waals surface area contributed by atoms with E-state index in [1.807, 2.05) is 0 Å². The molecule has 1 aromatic heterocycles. The van der Waals surface area contributed by atoms with Crippen LogP contribution in [0.5, 0.6) is 0 Å². The van der Waals surface area contributed by atoms with Crippen molar-refractivity contribution >= 4 is 17.4 Å². The van der Waals surface area contributed by atoms with Crippen molar-refractivity contribution in [3.05, 3.63) is 32.6 Å². The summed E-state index contributed by atoms with van der Waals surface area (Å²) in [4.78, 5) is 34.3.